The molecule has 1 aromatic carbocycles. The molecule has 27 heavy (non-hydrogen) atoms. The van der Waals surface area contributed by atoms with E-state index in [0.717, 1.165) is 24.0 Å². The Kier molecular flexibility index (Phi) is 6.16. The van der Waals surface area contributed by atoms with E-state index in [0.29, 0.717) is 19.6 Å². The molecule has 1 aliphatic heterocycles. The van der Waals surface area contributed by atoms with Gasteiger partial charge in [-0.05, 0) is 48.2 Å². The Labute approximate surface area is 158 Å². The highest BCUT2D eigenvalue weighted by Crippen LogP contribution is 2.20. The smallest absolute Gasteiger partial charge is 0.227 e. The average molecular weight is 369 g/mol. The Hall–Kier alpha value is -2.76. The van der Waals surface area contributed by atoms with Gasteiger partial charge in [-0.2, -0.15) is 0 Å². The molecule has 0 unspecified atom stereocenters. The van der Waals surface area contributed by atoms with Crippen LogP contribution in [-0.2, 0) is 22.6 Å². The fourth-order valence-corrected chi connectivity index (χ4v) is 3.45. The first-order valence-electron chi connectivity index (χ1n) is 9.19. The highest BCUT2D eigenvalue weighted by molar-refractivity contribution is 5.82. The zero-order valence-electron chi connectivity index (χ0n) is 15.5. The second-order valence-corrected chi connectivity index (χ2v) is 7.03. The summed E-state index contributed by atoms with van der Waals surface area (Å²) in [6, 6.07) is 9.76. The monoisotopic (exact) mass is 369 g/mol. The van der Waals surface area contributed by atoms with Gasteiger partial charge >= 0.3 is 0 Å². The number of likely N-dealkylation sites (tertiary alicyclic amines) is 1. The lowest BCUT2D eigenvalue weighted by atomic mass is 9.96. The Morgan fingerprint density at radius 2 is 1.85 bits per heavy atom. The number of carbonyl (C=O) groups is 2. The van der Waals surface area contributed by atoms with E-state index in [9.17, 15) is 14.0 Å². The maximum absolute atomic E-state index is 13.0. The molecule has 2 heterocycles. The topological polar surface area (TPSA) is 53.5 Å². The van der Waals surface area contributed by atoms with Crippen LogP contribution < -0.4 is 0 Å². The van der Waals surface area contributed by atoms with Crippen molar-refractivity contribution in [2.45, 2.75) is 25.8 Å². The quantitative estimate of drug-likeness (QED) is 0.814. The van der Waals surface area contributed by atoms with E-state index in [2.05, 4.69) is 4.98 Å². The summed E-state index contributed by atoms with van der Waals surface area (Å²) in [4.78, 5) is 32.8. The number of rotatable bonds is 5. The normalized spacial score (nSPS) is 16.8. The van der Waals surface area contributed by atoms with Gasteiger partial charge in [-0.1, -0.05) is 12.1 Å². The van der Waals surface area contributed by atoms with Crippen LogP contribution in [0.5, 0.6) is 0 Å². The van der Waals surface area contributed by atoms with Gasteiger partial charge in [-0.25, -0.2) is 4.39 Å². The number of pyridine rings is 1. The zero-order chi connectivity index (χ0) is 19.2. The molecular formula is C21H24FN3O2. The van der Waals surface area contributed by atoms with Crippen LogP contribution in [0.3, 0.4) is 0 Å². The third-order valence-electron chi connectivity index (χ3n) is 4.94. The van der Waals surface area contributed by atoms with Crippen molar-refractivity contribution in [3.8, 4) is 0 Å². The van der Waals surface area contributed by atoms with Gasteiger partial charge in [0.05, 0.1) is 12.3 Å². The maximum Gasteiger partial charge on any atom is 0.227 e. The van der Waals surface area contributed by atoms with Crippen LogP contribution in [0.2, 0.25) is 0 Å². The summed E-state index contributed by atoms with van der Waals surface area (Å²) in [7, 11) is 1.79. The molecule has 2 aromatic rings. The summed E-state index contributed by atoms with van der Waals surface area (Å²) in [5.74, 6) is -0.447. The Morgan fingerprint density at radius 3 is 2.56 bits per heavy atom. The second-order valence-electron chi connectivity index (χ2n) is 7.03. The van der Waals surface area contributed by atoms with Crippen LogP contribution in [-0.4, -0.2) is 46.7 Å². The summed E-state index contributed by atoms with van der Waals surface area (Å²) in [6.07, 6.45) is 5.26. The predicted molar refractivity (Wildman–Crippen MR) is 100 cm³/mol. The van der Waals surface area contributed by atoms with Crippen molar-refractivity contribution in [1.29, 1.82) is 0 Å². The number of hydrogen-bond donors (Lipinski definition) is 0. The first kappa shape index (κ1) is 19.0. The molecule has 2 amide bonds. The lowest BCUT2D eigenvalue weighted by Gasteiger charge is -2.34. The van der Waals surface area contributed by atoms with Gasteiger partial charge in [-0.3, -0.25) is 14.6 Å². The number of amides is 2. The molecule has 6 heteroatoms. The average Bonchev–Trinajstić information content (AvgIpc) is 2.70. The van der Waals surface area contributed by atoms with Crippen LogP contribution in [0.15, 0.2) is 48.8 Å². The van der Waals surface area contributed by atoms with Gasteiger partial charge in [0.1, 0.15) is 5.82 Å². The van der Waals surface area contributed by atoms with Gasteiger partial charge in [0.25, 0.3) is 0 Å². The van der Waals surface area contributed by atoms with Crippen molar-refractivity contribution in [2.75, 3.05) is 20.1 Å². The highest BCUT2D eigenvalue weighted by atomic mass is 19.1. The summed E-state index contributed by atoms with van der Waals surface area (Å²) in [5.41, 5.74) is 1.81. The minimum atomic E-state index is -0.313. The third-order valence-corrected chi connectivity index (χ3v) is 4.94. The van der Waals surface area contributed by atoms with Crippen molar-refractivity contribution in [1.82, 2.24) is 14.8 Å². The van der Waals surface area contributed by atoms with Gasteiger partial charge in [0.2, 0.25) is 11.8 Å². The van der Waals surface area contributed by atoms with E-state index < -0.39 is 0 Å². The number of piperidine rings is 1. The molecule has 1 aromatic heterocycles. The zero-order valence-corrected chi connectivity index (χ0v) is 15.5. The van der Waals surface area contributed by atoms with E-state index in [1.165, 1.54) is 12.1 Å². The number of carbonyl (C=O) groups excluding carboxylic acids is 2. The second kappa shape index (κ2) is 8.75. The number of halogens is 1. The minimum Gasteiger partial charge on any atom is -0.342 e. The Morgan fingerprint density at radius 1 is 1.15 bits per heavy atom. The number of benzene rings is 1. The molecule has 0 bridgehead atoms. The summed E-state index contributed by atoms with van der Waals surface area (Å²) in [5, 5.41) is 0. The lowest BCUT2D eigenvalue weighted by molar-refractivity contribution is -0.140. The third kappa shape index (κ3) is 5.12. The summed E-state index contributed by atoms with van der Waals surface area (Å²) in [6.45, 7) is 1.64. The molecule has 1 fully saturated rings. The molecule has 0 aliphatic carbocycles. The molecule has 0 saturated carbocycles. The van der Waals surface area contributed by atoms with E-state index in [1.807, 2.05) is 12.1 Å². The Bertz CT molecular complexity index is 780. The van der Waals surface area contributed by atoms with Crippen LogP contribution in [0.25, 0.3) is 0 Å². The fraction of sp³-hybridized carbons (Fsp3) is 0.381. The van der Waals surface area contributed by atoms with E-state index in [1.54, 1.807) is 41.4 Å². The molecule has 3 rings (SSSR count). The van der Waals surface area contributed by atoms with E-state index in [4.69, 9.17) is 0 Å². The van der Waals surface area contributed by atoms with Gasteiger partial charge in [0.15, 0.2) is 0 Å². The van der Waals surface area contributed by atoms with Crippen LogP contribution in [0.4, 0.5) is 4.39 Å². The number of hydrogen-bond acceptors (Lipinski definition) is 3. The van der Waals surface area contributed by atoms with Crippen LogP contribution in [0, 0.1) is 11.7 Å². The molecule has 1 saturated heterocycles. The van der Waals surface area contributed by atoms with Crippen molar-refractivity contribution < 1.29 is 14.0 Å². The molecule has 0 spiro atoms. The van der Waals surface area contributed by atoms with E-state index in [-0.39, 0.29) is 30.0 Å². The van der Waals surface area contributed by atoms with Crippen molar-refractivity contribution >= 4 is 11.8 Å². The largest absolute Gasteiger partial charge is 0.342 e. The van der Waals surface area contributed by atoms with Crippen LogP contribution >= 0.6 is 0 Å². The van der Waals surface area contributed by atoms with Gasteiger partial charge in [-0.15, -0.1) is 0 Å². The van der Waals surface area contributed by atoms with Crippen molar-refractivity contribution in [3.63, 3.8) is 0 Å². The SMILES string of the molecule is CN(Cc1ccncc1)C(=O)[C@@H]1CCCN(C(=O)Cc2ccc(F)cc2)C1. The molecular weight excluding hydrogens is 345 g/mol. The standard InChI is InChI=1S/C21H24FN3O2/c1-24(14-17-8-10-23-11-9-17)21(27)18-3-2-12-25(15-18)20(26)13-16-4-6-19(22)7-5-16/h4-11,18H,2-3,12-15H2,1H3/t18-/m1/s1. The van der Waals surface area contributed by atoms with Crippen molar-refractivity contribution in [3.05, 3.63) is 65.7 Å². The number of aromatic nitrogens is 1. The molecule has 142 valence electrons. The first-order valence-corrected chi connectivity index (χ1v) is 9.19. The predicted octanol–water partition coefficient (Wildman–Crippen LogP) is 2.66. The Balaban J connectivity index is 1.57. The fourth-order valence-electron chi connectivity index (χ4n) is 3.45. The number of nitrogens with zero attached hydrogens (tertiary/aromatic N) is 3. The van der Waals surface area contributed by atoms with Crippen LogP contribution in [0.1, 0.15) is 24.0 Å². The first-order chi connectivity index (χ1) is 13.0. The summed E-state index contributed by atoms with van der Waals surface area (Å²) < 4.78 is 13.0. The van der Waals surface area contributed by atoms with E-state index >= 15 is 0 Å². The van der Waals surface area contributed by atoms with Crippen molar-refractivity contribution in [2.24, 2.45) is 5.92 Å². The lowest BCUT2D eigenvalue weighted by Crippen LogP contribution is -2.46. The molecule has 0 N–H and O–H groups in total. The maximum atomic E-state index is 13.0. The van der Waals surface area contributed by atoms with Gasteiger partial charge < -0.3 is 9.80 Å². The minimum absolute atomic E-state index is 0.0177. The summed E-state index contributed by atoms with van der Waals surface area (Å²) >= 11 is 0. The van der Waals surface area contributed by atoms with Gasteiger partial charge in [0, 0.05) is 39.1 Å². The molecule has 1 aliphatic rings. The molecule has 1 atom stereocenters. The highest BCUT2D eigenvalue weighted by Gasteiger charge is 2.30. The molecule has 5 nitrogen and oxygen atoms in total. The molecule has 0 radical (unpaired) electrons.